The molecule has 5 nitrogen and oxygen atoms in total. The molecule has 2 atom stereocenters. The van der Waals surface area contributed by atoms with Crippen LogP contribution in [-0.4, -0.2) is 42.7 Å². The quantitative estimate of drug-likeness (QED) is 0.845. The summed E-state index contributed by atoms with van der Waals surface area (Å²) >= 11 is 0. The molecule has 25 heavy (non-hydrogen) atoms. The number of hydrogen-bond acceptors (Lipinski definition) is 4. The van der Waals surface area contributed by atoms with Crippen molar-refractivity contribution in [2.75, 3.05) is 29.4 Å². The van der Waals surface area contributed by atoms with Crippen molar-refractivity contribution < 1.29 is 9.53 Å². The van der Waals surface area contributed by atoms with Crippen LogP contribution in [0.1, 0.15) is 29.8 Å². The monoisotopic (exact) mass is 337 g/mol. The van der Waals surface area contributed by atoms with E-state index in [2.05, 4.69) is 29.8 Å². The Bertz CT molecular complexity index is 765. The van der Waals surface area contributed by atoms with E-state index >= 15 is 0 Å². The van der Waals surface area contributed by atoms with Crippen molar-refractivity contribution in [3.63, 3.8) is 0 Å². The molecule has 0 unspecified atom stereocenters. The van der Waals surface area contributed by atoms with Gasteiger partial charge in [-0.1, -0.05) is 18.2 Å². The molecule has 2 aromatic rings. The number of rotatable bonds is 2. The molecule has 3 heterocycles. The minimum absolute atomic E-state index is 0.0210. The Hall–Kier alpha value is -2.40. The third-order valence-corrected chi connectivity index (χ3v) is 4.87. The fourth-order valence-corrected chi connectivity index (χ4v) is 3.77. The first kappa shape index (κ1) is 16.1. The molecule has 0 saturated carbocycles. The molecule has 0 N–H and O–H groups in total. The number of pyridine rings is 1. The topological polar surface area (TPSA) is 45.7 Å². The van der Waals surface area contributed by atoms with E-state index < -0.39 is 0 Å². The molecule has 1 fully saturated rings. The van der Waals surface area contributed by atoms with E-state index in [1.54, 1.807) is 6.20 Å². The van der Waals surface area contributed by atoms with Gasteiger partial charge >= 0.3 is 0 Å². The van der Waals surface area contributed by atoms with Crippen LogP contribution in [0.15, 0.2) is 42.6 Å². The Labute approximate surface area is 148 Å². The Morgan fingerprint density at radius 3 is 2.60 bits per heavy atom. The van der Waals surface area contributed by atoms with Gasteiger partial charge in [0.15, 0.2) is 0 Å². The third kappa shape index (κ3) is 3.12. The maximum atomic E-state index is 12.9. The minimum atomic E-state index is 0.0210. The largest absolute Gasteiger partial charge is 0.372 e. The zero-order valence-electron chi connectivity index (χ0n) is 14.7. The SMILES string of the molecule is C[C@@H]1CN(c2ccc(C(=O)N3CCc4ccccc43)cn2)C[C@H](C)O1. The van der Waals surface area contributed by atoms with E-state index in [1.165, 1.54) is 5.56 Å². The van der Waals surface area contributed by atoms with Gasteiger partial charge in [-0.05, 0) is 44.0 Å². The normalized spacial score (nSPS) is 22.8. The van der Waals surface area contributed by atoms with E-state index in [4.69, 9.17) is 4.74 Å². The van der Waals surface area contributed by atoms with Crippen LogP contribution in [-0.2, 0) is 11.2 Å². The minimum Gasteiger partial charge on any atom is -0.372 e. The van der Waals surface area contributed by atoms with E-state index in [9.17, 15) is 4.79 Å². The lowest BCUT2D eigenvalue weighted by atomic mass is 10.2. The van der Waals surface area contributed by atoms with Gasteiger partial charge in [-0.25, -0.2) is 4.98 Å². The third-order valence-electron chi connectivity index (χ3n) is 4.87. The van der Waals surface area contributed by atoms with Gasteiger partial charge in [-0.2, -0.15) is 0 Å². The maximum absolute atomic E-state index is 12.9. The Morgan fingerprint density at radius 2 is 1.88 bits per heavy atom. The predicted octanol–water partition coefficient (Wildman–Crippen LogP) is 2.90. The van der Waals surface area contributed by atoms with Crippen molar-refractivity contribution in [2.24, 2.45) is 0 Å². The molecule has 1 aromatic carbocycles. The maximum Gasteiger partial charge on any atom is 0.259 e. The van der Waals surface area contributed by atoms with Gasteiger partial charge in [0, 0.05) is 31.5 Å². The van der Waals surface area contributed by atoms with Gasteiger partial charge in [0.05, 0.1) is 17.8 Å². The average Bonchev–Trinajstić information content (AvgIpc) is 3.04. The zero-order chi connectivity index (χ0) is 17.4. The summed E-state index contributed by atoms with van der Waals surface area (Å²) < 4.78 is 5.77. The Balaban J connectivity index is 1.52. The number of amides is 1. The summed E-state index contributed by atoms with van der Waals surface area (Å²) in [6.07, 6.45) is 2.99. The highest BCUT2D eigenvalue weighted by Crippen LogP contribution is 2.29. The molecule has 0 spiro atoms. The van der Waals surface area contributed by atoms with Crippen molar-refractivity contribution in [3.05, 3.63) is 53.7 Å². The van der Waals surface area contributed by atoms with Crippen molar-refractivity contribution in [2.45, 2.75) is 32.5 Å². The molecular formula is C20H23N3O2. The molecule has 1 saturated heterocycles. The second-order valence-electron chi connectivity index (χ2n) is 6.90. The van der Waals surface area contributed by atoms with Crippen molar-refractivity contribution >= 4 is 17.4 Å². The van der Waals surface area contributed by atoms with Gasteiger partial charge in [0.25, 0.3) is 5.91 Å². The van der Waals surface area contributed by atoms with Crippen LogP contribution < -0.4 is 9.80 Å². The Kier molecular flexibility index (Phi) is 4.17. The summed E-state index contributed by atoms with van der Waals surface area (Å²) in [5.74, 6) is 0.924. The van der Waals surface area contributed by atoms with Crippen LogP contribution in [0.3, 0.4) is 0 Å². The van der Waals surface area contributed by atoms with Crippen LogP contribution in [0, 0.1) is 0 Å². The highest BCUT2D eigenvalue weighted by molar-refractivity contribution is 6.07. The lowest BCUT2D eigenvalue weighted by molar-refractivity contribution is -0.00546. The standard InChI is InChI=1S/C20H23N3O2/c1-14-12-22(13-15(2)25-14)19-8-7-17(11-21-19)20(24)23-10-9-16-5-3-4-6-18(16)23/h3-8,11,14-15H,9-10,12-13H2,1-2H3/t14-,15+. The van der Waals surface area contributed by atoms with E-state index in [-0.39, 0.29) is 18.1 Å². The summed E-state index contributed by atoms with van der Waals surface area (Å²) in [6.45, 7) is 6.53. The molecular weight excluding hydrogens is 314 g/mol. The molecule has 1 amide bonds. The number of ether oxygens (including phenoxy) is 1. The number of aromatic nitrogens is 1. The summed E-state index contributed by atoms with van der Waals surface area (Å²) in [6, 6.07) is 11.9. The van der Waals surface area contributed by atoms with Gasteiger partial charge < -0.3 is 14.5 Å². The first-order chi connectivity index (χ1) is 12.1. The molecule has 4 rings (SSSR count). The molecule has 0 radical (unpaired) electrons. The van der Waals surface area contributed by atoms with Gasteiger partial charge in [-0.3, -0.25) is 4.79 Å². The van der Waals surface area contributed by atoms with Crippen molar-refractivity contribution in [1.82, 2.24) is 4.98 Å². The number of carbonyl (C=O) groups excluding carboxylic acids is 1. The number of morpholine rings is 1. The van der Waals surface area contributed by atoms with E-state index in [0.717, 1.165) is 37.6 Å². The number of benzene rings is 1. The Morgan fingerprint density at radius 1 is 1.12 bits per heavy atom. The summed E-state index contributed by atoms with van der Waals surface area (Å²) in [4.78, 5) is 21.5. The number of fused-ring (bicyclic) bond motifs is 1. The average molecular weight is 337 g/mol. The highest BCUT2D eigenvalue weighted by Gasteiger charge is 2.26. The van der Waals surface area contributed by atoms with Gasteiger partial charge in [-0.15, -0.1) is 0 Å². The molecule has 0 bridgehead atoms. The van der Waals surface area contributed by atoms with Crippen LogP contribution in [0.25, 0.3) is 0 Å². The fourth-order valence-electron chi connectivity index (χ4n) is 3.77. The second kappa shape index (κ2) is 6.48. The lowest BCUT2D eigenvalue weighted by Crippen LogP contribution is -2.45. The number of nitrogens with zero attached hydrogens (tertiary/aromatic N) is 3. The first-order valence-corrected chi connectivity index (χ1v) is 8.88. The van der Waals surface area contributed by atoms with Gasteiger partial charge in [0.1, 0.15) is 5.82 Å². The molecule has 2 aliphatic heterocycles. The lowest BCUT2D eigenvalue weighted by Gasteiger charge is -2.36. The molecule has 1 aromatic heterocycles. The number of hydrogen-bond donors (Lipinski definition) is 0. The fraction of sp³-hybridized carbons (Fsp3) is 0.400. The van der Waals surface area contributed by atoms with Crippen molar-refractivity contribution in [1.29, 1.82) is 0 Å². The highest BCUT2D eigenvalue weighted by atomic mass is 16.5. The smallest absolute Gasteiger partial charge is 0.259 e. The van der Waals surface area contributed by atoms with Crippen LogP contribution in [0.5, 0.6) is 0 Å². The summed E-state index contributed by atoms with van der Waals surface area (Å²) in [5.41, 5.74) is 2.89. The van der Waals surface area contributed by atoms with E-state index in [1.807, 2.05) is 35.2 Å². The molecule has 0 aliphatic carbocycles. The van der Waals surface area contributed by atoms with Crippen molar-refractivity contribution in [3.8, 4) is 0 Å². The number of carbonyl (C=O) groups is 1. The summed E-state index contributed by atoms with van der Waals surface area (Å²) in [7, 11) is 0. The molecule has 5 heteroatoms. The van der Waals surface area contributed by atoms with Crippen LogP contribution in [0.4, 0.5) is 11.5 Å². The number of para-hydroxylation sites is 1. The molecule has 130 valence electrons. The van der Waals surface area contributed by atoms with Crippen LogP contribution in [0.2, 0.25) is 0 Å². The van der Waals surface area contributed by atoms with E-state index in [0.29, 0.717) is 5.56 Å². The second-order valence-corrected chi connectivity index (χ2v) is 6.90. The molecule has 2 aliphatic rings. The first-order valence-electron chi connectivity index (χ1n) is 8.88. The summed E-state index contributed by atoms with van der Waals surface area (Å²) in [5, 5.41) is 0. The predicted molar refractivity (Wildman–Crippen MR) is 98.3 cm³/mol. The van der Waals surface area contributed by atoms with Gasteiger partial charge in [0.2, 0.25) is 0 Å². The number of anilines is 2. The zero-order valence-corrected chi connectivity index (χ0v) is 14.7. The van der Waals surface area contributed by atoms with Crippen LogP contribution >= 0.6 is 0 Å².